The number of benzene rings is 2. The molecule has 0 spiro atoms. The highest BCUT2D eigenvalue weighted by Crippen LogP contribution is 2.30. The number of rotatable bonds is 4. The van der Waals surface area contributed by atoms with E-state index in [1.54, 1.807) is 7.11 Å². The third kappa shape index (κ3) is 2.75. The fourth-order valence-electron chi connectivity index (χ4n) is 2.40. The number of hydrazone groups is 1. The summed E-state index contributed by atoms with van der Waals surface area (Å²) in [6, 6.07) is 11.9. The summed E-state index contributed by atoms with van der Waals surface area (Å²) in [7, 11) is 1.66. The number of nitrogens with one attached hydrogen (secondary N) is 1. The summed E-state index contributed by atoms with van der Waals surface area (Å²) in [6.07, 6.45) is 1.96. The van der Waals surface area contributed by atoms with Crippen LogP contribution in [0.25, 0.3) is 10.8 Å². The zero-order valence-corrected chi connectivity index (χ0v) is 12.2. The summed E-state index contributed by atoms with van der Waals surface area (Å²) in [5.41, 5.74) is 4.45. The van der Waals surface area contributed by atoms with Crippen LogP contribution in [0.2, 0.25) is 0 Å². The smallest absolute Gasteiger partial charge is 0.243 e. The Kier molecular flexibility index (Phi) is 3.60. The van der Waals surface area contributed by atoms with Gasteiger partial charge in [-0.25, -0.2) is 5.43 Å². The van der Waals surface area contributed by atoms with Gasteiger partial charge in [0.05, 0.1) is 12.8 Å². The van der Waals surface area contributed by atoms with Crippen LogP contribution < -0.4 is 10.2 Å². The number of carbonyl (C=O) groups is 1. The van der Waals surface area contributed by atoms with Crippen molar-refractivity contribution in [1.82, 2.24) is 5.43 Å². The molecule has 0 unspecified atom stereocenters. The van der Waals surface area contributed by atoms with Crippen molar-refractivity contribution in [1.29, 1.82) is 0 Å². The summed E-state index contributed by atoms with van der Waals surface area (Å²) in [4.78, 5) is 11.7. The minimum Gasteiger partial charge on any atom is -0.496 e. The number of nitrogens with zero attached hydrogens (tertiary/aromatic N) is 1. The Morgan fingerprint density at radius 3 is 2.57 bits per heavy atom. The molecule has 1 amide bonds. The van der Waals surface area contributed by atoms with E-state index in [1.807, 2.05) is 43.3 Å². The van der Waals surface area contributed by atoms with Crippen molar-refractivity contribution in [2.45, 2.75) is 19.8 Å². The van der Waals surface area contributed by atoms with Gasteiger partial charge in [0, 0.05) is 16.9 Å². The van der Waals surface area contributed by atoms with E-state index < -0.39 is 0 Å². The maximum absolute atomic E-state index is 11.7. The predicted molar refractivity (Wildman–Crippen MR) is 83.6 cm³/mol. The molecule has 4 heteroatoms. The van der Waals surface area contributed by atoms with Gasteiger partial charge in [-0.2, -0.15) is 5.10 Å². The van der Waals surface area contributed by atoms with Crippen LogP contribution in [0.5, 0.6) is 5.75 Å². The Morgan fingerprint density at radius 2 is 1.90 bits per heavy atom. The number of ether oxygens (including phenoxy) is 1. The number of hydrogen-bond acceptors (Lipinski definition) is 3. The van der Waals surface area contributed by atoms with Gasteiger partial charge < -0.3 is 4.74 Å². The first-order valence-electron chi connectivity index (χ1n) is 7.11. The van der Waals surface area contributed by atoms with Crippen molar-refractivity contribution in [3.8, 4) is 5.75 Å². The average Bonchev–Trinajstić information content (AvgIpc) is 3.36. The second-order valence-electron chi connectivity index (χ2n) is 5.31. The van der Waals surface area contributed by atoms with Gasteiger partial charge in [-0.3, -0.25) is 4.79 Å². The van der Waals surface area contributed by atoms with Crippen LogP contribution in [0.3, 0.4) is 0 Å². The first-order valence-corrected chi connectivity index (χ1v) is 7.11. The van der Waals surface area contributed by atoms with Crippen LogP contribution in [-0.2, 0) is 4.79 Å². The summed E-state index contributed by atoms with van der Waals surface area (Å²) < 4.78 is 5.39. The molecule has 0 radical (unpaired) electrons. The molecule has 0 bridgehead atoms. The van der Waals surface area contributed by atoms with Crippen molar-refractivity contribution < 1.29 is 9.53 Å². The average molecular weight is 282 g/mol. The molecule has 0 atom stereocenters. The second-order valence-corrected chi connectivity index (χ2v) is 5.31. The van der Waals surface area contributed by atoms with Gasteiger partial charge in [-0.05, 0) is 37.3 Å². The van der Waals surface area contributed by atoms with Gasteiger partial charge in [-0.1, -0.05) is 24.3 Å². The van der Waals surface area contributed by atoms with Crippen LogP contribution >= 0.6 is 0 Å². The lowest BCUT2D eigenvalue weighted by molar-refractivity contribution is -0.122. The molecule has 0 heterocycles. The molecule has 3 rings (SSSR count). The monoisotopic (exact) mass is 282 g/mol. The first kappa shape index (κ1) is 13.6. The fourth-order valence-corrected chi connectivity index (χ4v) is 2.40. The number of amides is 1. The van der Waals surface area contributed by atoms with Crippen LogP contribution in [0.1, 0.15) is 25.3 Å². The Morgan fingerprint density at radius 1 is 1.19 bits per heavy atom. The lowest BCUT2D eigenvalue weighted by Crippen LogP contribution is -2.20. The standard InChI is InChI=1S/C17H18N2O2/c1-11(18-19-17(20)12-7-8-12)13-9-10-16(21-2)15-6-4-3-5-14(13)15/h3-6,9-10,12H,7-8H2,1-2H3,(H,19,20)/b18-11-. The molecule has 2 aromatic carbocycles. The molecule has 1 aliphatic carbocycles. The SMILES string of the molecule is COc1ccc(/C(C)=N\NC(=O)C2CC2)c2ccccc12. The molecule has 1 saturated carbocycles. The van der Waals surface area contributed by atoms with E-state index in [-0.39, 0.29) is 11.8 Å². The zero-order chi connectivity index (χ0) is 14.8. The molecule has 1 aliphatic rings. The van der Waals surface area contributed by atoms with Crippen molar-refractivity contribution in [2.24, 2.45) is 11.0 Å². The zero-order valence-electron chi connectivity index (χ0n) is 12.2. The van der Waals surface area contributed by atoms with Crippen LogP contribution in [0, 0.1) is 5.92 Å². The van der Waals surface area contributed by atoms with Gasteiger partial charge in [0.15, 0.2) is 0 Å². The van der Waals surface area contributed by atoms with E-state index in [0.717, 1.165) is 40.6 Å². The predicted octanol–water partition coefficient (Wildman–Crippen LogP) is 3.10. The van der Waals surface area contributed by atoms with E-state index in [2.05, 4.69) is 10.5 Å². The van der Waals surface area contributed by atoms with E-state index in [0.29, 0.717) is 0 Å². The van der Waals surface area contributed by atoms with Crippen molar-refractivity contribution >= 4 is 22.4 Å². The molecule has 108 valence electrons. The van der Waals surface area contributed by atoms with E-state index in [9.17, 15) is 4.79 Å². The Hall–Kier alpha value is -2.36. The summed E-state index contributed by atoms with van der Waals surface area (Å²) in [6.45, 7) is 1.90. The van der Waals surface area contributed by atoms with E-state index >= 15 is 0 Å². The highest BCUT2D eigenvalue weighted by atomic mass is 16.5. The molecular weight excluding hydrogens is 264 g/mol. The molecule has 0 aromatic heterocycles. The minimum atomic E-state index is 0.0205. The van der Waals surface area contributed by atoms with Crippen LogP contribution in [0.4, 0.5) is 0 Å². The third-order valence-electron chi connectivity index (χ3n) is 3.78. The molecule has 4 nitrogen and oxygen atoms in total. The number of carbonyl (C=O) groups excluding carboxylic acids is 1. The number of methoxy groups -OCH3 is 1. The van der Waals surface area contributed by atoms with Crippen LogP contribution in [0.15, 0.2) is 41.5 Å². The molecule has 1 N–H and O–H groups in total. The minimum absolute atomic E-state index is 0.0205. The quantitative estimate of drug-likeness (QED) is 0.692. The molecule has 0 aliphatic heterocycles. The molecule has 0 saturated heterocycles. The fraction of sp³-hybridized carbons (Fsp3) is 0.294. The highest BCUT2D eigenvalue weighted by Gasteiger charge is 2.29. The topological polar surface area (TPSA) is 50.7 Å². The highest BCUT2D eigenvalue weighted by molar-refractivity contribution is 6.11. The van der Waals surface area contributed by atoms with Gasteiger partial charge in [0.25, 0.3) is 0 Å². The van der Waals surface area contributed by atoms with E-state index in [1.165, 1.54) is 0 Å². The molecule has 2 aromatic rings. The second kappa shape index (κ2) is 5.56. The number of hydrogen-bond donors (Lipinski definition) is 1. The lowest BCUT2D eigenvalue weighted by Gasteiger charge is -2.10. The normalized spacial score (nSPS) is 15.0. The van der Waals surface area contributed by atoms with Gasteiger partial charge in [-0.15, -0.1) is 0 Å². The third-order valence-corrected chi connectivity index (χ3v) is 3.78. The Labute approximate surface area is 123 Å². The summed E-state index contributed by atoms with van der Waals surface area (Å²) in [5, 5.41) is 6.35. The maximum atomic E-state index is 11.7. The Balaban J connectivity index is 1.95. The largest absolute Gasteiger partial charge is 0.496 e. The summed E-state index contributed by atoms with van der Waals surface area (Å²) >= 11 is 0. The van der Waals surface area contributed by atoms with Crippen molar-refractivity contribution in [3.63, 3.8) is 0 Å². The molecular formula is C17H18N2O2. The maximum Gasteiger partial charge on any atom is 0.243 e. The van der Waals surface area contributed by atoms with E-state index in [4.69, 9.17) is 4.74 Å². The Bertz CT molecular complexity index is 718. The van der Waals surface area contributed by atoms with Crippen LogP contribution in [-0.4, -0.2) is 18.7 Å². The number of fused-ring (bicyclic) bond motifs is 1. The van der Waals surface area contributed by atoms with Crippen molar-refractivity contribution in [3.05, 3.63) is 42.0 Å². The lowest BCUT2D eigenvalue weighted by atomic mass is 10.0. The van der Waals surface area contributed by atoms with Gasteiger partial charge >= 0.3 is 0 Å². The summed E-state index contributed by atoms with van der Waals surface area (Å²) in [5.74, 6) is 1.02. The van der Waals surface area contributed by atoms with Gasteiger partial charge in [0.2, 0.25) is 5.91 Å². The molecule has 1 fully saturated rings. The first-order chi connectivity index (χ1) is 10.2. The van der Waals surface area contributed by atoms with Gasteiger partial charge in [0.1, 0.15) is 5.75 Å². The molecule has 21 heavy (non-hydrogen) atoms. The van der Waals surface area contributed by atoms with Crippen molar-refractivity contribution in [2.75, 3.05) is 7.11 Å².